The van der Waals surface area contributed by atoms with Crippen molar-refractivity contribution in [3.63, 3.8) is 0 Å². The largest absolute Gasteiger partial charge is 0.508 e. The van der Waals surface area contributed by atoms with Gasteiger partial charge < -0.3 is 5.11 Å². The van der Waals surface area contributed by atoms with E-state index in [1.807, 2.05) is 78.9 Å². The molecule has 1 saturated carbocycles. The van der Waals surface area contributed by atoms with Crippen molar-refractivity contribution in [1.29, 1.82) is 0 Å². The number of fused-ring (bicyclic) bond motifs is 4. The van der Waals surface area contributed by atoms with Gasteiger partial charge in [-0.3, -0.25) is 9.59 Å². The quantitative estimate of drug-likeness (QED) is 0.291. The van der Waals surface area contributed by atoms with Crippen LogP contribution in [0.25, 0.3) is 11.3 Å². The van der Waals surface area contributed by atoms with Crippen molar-refractivity contribution in [3.05, 3.63) is 171 Å². The molecule has 8 rings (SSSR count). The van der Waals surface area contributed by atoms with Crippen LogP contribution in [0, 0.1) is 5.92 Å². The van der Waals surface area contributed by atoms with Gasteiger partial charge in [-0.05, 0) is 59.0 Å². The minimum absolute atomic E-state index is 0.0233. The first-order chi connectivity index (χ1) is 22.4. The average molecular weight is 608 g/mol. The maximum atomic E-state index is 14.9. The molecule has 5 aromatic rings. The Balaban J connectivity index is 1.42. The SMILES string of the molecule is O=C1C(c2ccccc2)=CC(=O)[C@@]2(c3ccccc3)[C@@H](c3cccc(O)c3)C3=CCn4c(=O)n(-c5ccccc5)c(=O)n4[C@@H]3C[C@@H]12. The number of aromatic nitrogens is 3. The summed E-state index contributed by atoms with van der Waals surface area (Å²) >= 11 is 0. The summed E-state index contributed by atoms with van der Waals surface area (Å²) in [6, 6.07) is 33.3. The fourth-order valence-electron chi connectivity index (χ4n) is 8.01. The van der Waals surface area contributed by atoms with Crippen LogP contribution in [0.5, 0.6) is 5.75 Å². The van der Waals surface area contributed by atoms with E-state index in [4.69, 9.17) is 0 Å². The van der Waals surface area contributed by atoms with Gasteiger partial charge in [0.05, 0.1) is 23.7 Å². The minimum atomic E-state index is -1.36. The third-order valence-corrected chi connectivity index (χ3v) is 9.86. The Bertz CT molecular complexity index is 2210. The van der Waals surface area contributed by atoms with Crippen molar-refractivity contribution < 1.29 is 14.7 Å². The summed E-state index contributed by atoms with van der Waals surface area (Å²) in [6.45, 7) is 0.109. The van der Waals surface area contributed by atoms with Gasteiger partial charge in [-0.2, -0.15) is 0 Å². The highest BCUT2D eigenvalue weighted by molar-refractivity contribution is 6.31. The van der Waals surface area contributed by atoms with Crippen LogP contribution in [0.15, 0.2) is 143 Å². The smallest absolute Gasteiger partial charge is 0.352 e. The normalized spacial score (nSPS) is 23.5. The van der Waals surface area contributed by atoms with Crippen molar-refractivity contribution in [2.45, 2.75) is 30.3 Å². The Morgan fingerprint density at radius 1 is 0.739 bits per heavy atom. The number of allylic oxidation sites excluding steroid dienone is 4. The fraction of sp³-hybridized carbons (Fsp3) is 0.158. The Morgan fingerprint density at radius 2 is 1.41 bits per heavy atom. The number of nitrogens with zero attached hydrogens (tertiary/aromatic N) is 3. The maximum Gasteiger partial charge on any atom is 0.352 e. The van der Waals surface area contributed by atoms with Gasteiger partial charge in [0.1, 0.15) is 5.75 Å². The summed E-state index contributed by atoms with van der Waals surface area (Å²) in [4.78, 5) is 57.7. The molecule has 4 aromatic carbocycles. The predicted molar refractivity (Wildman–Crippen MR) is 173 cm³/mol. The summed E-state index contributed by atoms with van der Waals surface area (Å²) in [6.07, 6.45) is 3.53. The molecule has 1 aliphatic heterocycles. The van der Waals surface area contributed by atoms with Crippen LogP contribution in [0.2, 0.25) is 0 Å². The number of Topliss-reactive ketones (excluding diaryl/α,β-unsaturated/α-hetero) is 1. The second kappa shape index (κ2) is 10.4. The topological polar surface area (TPSA) is 103 Å². The number of carbonyl (C=O) groups is 2. The Kier molecular flexibility index (Phi) is 6.28. The van der Waals surface area contributed by atoms with E-state index in [-0.39, 0.29) is 30.3 Å². The molecule has 1 fully saturated rings. The molecule has 226 valence electrons. The van der Waals surface area contributed by atoms with Gasteiger partial charge in [0.15, 0.2) is 11.6 Å². The number of ketones is 2. The molecular weight excluding hydrogens is 578 g/mol. The van der Waals surface area contributed by atoms with Gasteiger partial charge in [0.2, 0.25) is 0 Å². The number of para-hydroxylation sites is 1. The number of benzene rings is 4. The molecule has 0 amide bonds. The van der Waals surface area contributed by atoms with Gasteiger partial charge in [-0.15, -0.1) is 0 Å². The lowest BCUT2D eigenvalue weighted by Crippen LogP contribution is -2.58. The molecular formula is C38H29N3O5. The molecule has 46 heavy (non-hydrogen) atoms. The van der Waals surface area contributed by atoms with Crippen LogP contribution in [0.4, 0.5) is 0 Å². The molecule has 0 spiro atoms. The third kappa shape index (κ3) is 3.86. The molecule has 0 saturated heterocycles. The second-order valence-electron chi connectivity index (χ2n) is 12.1. The zero-order chi connectivity index (χ0) is 31.6. The zero-order valence-corrected chi connectivity index (χ0v) is 24.7. The highest BCUT2D eigenvalue weighted by atomic mass is 16.3. The summed E-state index contributed by atoms with van der Waals surface area (Å²) in [5, 5.41) is 10.7. The first kappa shape index (κ1) is 27.8. The number of phenolic OH excluding ortho intramolecular Hbond substituents is 1. The van der Waals surface area contributed by atoms with E-state index >= 15 is 0 Å². The average Bonchev–Trinajstić information content (AvgIpc) is 3.35. The predicted octanol–water partition coefficient (Wildman–Crippen LogP) is 4.96. The number of aromatic hydroxyl groups is 1. The van der Waals surface area contributed by atoms with Gasteiger partial charge in [-0.1, -0.05) is 97.1 Å². The Morgan fingerprint density at radius 3 is 2.11 bits per heavy atom. The zero-order valence-electron chi connectivity index (χ0n) is 24.7. The summed E-state index contributed by atoms with van der Waals surface area (Å²) in [7, 11) is 0. The van der Waals surface area contributed by atoms with Crippen molar-refractivity contribution >= 4 is 17.1 Å². The van der Waals surface area contributed by atoms with Crippen LogP contribution >= 0.6 is 0 Å². The van der Waals surface area contributed by atoms with Crippen LogP contribution in [-0.4, -0.2) is 30.6 Å². The van der Waals surface area contributed by atoms with Crippen LogP contribution < -0.4 is 11.4 Å². The molecule has 0 unspecified atom stereocenters. The molecule has 1 N–H and O–H groups in total. The van der Waals surface area contributed by atoms with E-state index in [0.717, 1.165) is 10.1 Å². The number of phenols is 1. The molecule has 1 aromatic heterocycles. The molecule has 0 radical (unpaired) electrons. The van der Waals surface area contributed by atoms with Crippen molar-refractivity contribution in [3.8, 4) is 11.4 Å². The van der Waals surface area contributed by atoms with Crippen molar-refractivity contribution in [1.82, 2.24) is 13.9 Å². The summed E-state index contributed by atoms with van der Waals surface area (Å²) < 4.78 is 4.04. The summed E-state index contributed by atoms with van der Waals surface area (Å²) in [5.74, 6) is -1.99. The van der Waals surface area contributed by atoms with Gasteiger partial charge in [-0.25, -0.2) is 23.5 Å². The van der Waals surface area contributed by atoms with Crippen LogP contribution in [0.3, 0.4) is 0 Å². The Hall–Kier alpha value is -5.76. The summed E-state index contributed by atoms with van der Waals surface area (Å²) in [5.41, 5.74) is 1.17. The highest BCUT2D eigenvalue weighted by Crippen LogP contribution is 2.61. The third-order valence-electron chi connectivity index (χ3n) is 9.86. The number of hydrogen-bond acceptors (Lipinski definition) is 5. The number of hydrogen-bond donors (Lipinski definition) is 1. The van der Waals surface area contributed by atoms with Crippen LogP contribution in [-0.2, 0) is 21.5 Å². The van der Waals surface area contributed by atoms with Crippen molar-refractivity contribution in [2.24, 2.45) is 5.92 Å². The lowest BCUT2D eigenvalue weighted by Gasteiger charge is -2.54. The number of rotatable bonds is 4. The van der Waals surface area contributed by atoms with E-state index in [0.29, 0.717) is 28.0 Å². The van der Waals surface area contributed by atoms with Gasteiger partial charge in [0, 0.05) is 17.4 Å². The first-order valence-electron chi connectivity index (χ1n) is 15.3. The Labute approximate surface area is 263 Å². The standard InChI is InChI=1S/C38H29N3O5/c42-28-18-10-13-25(21-28)34-29-19-20-39-36(45)40(27-16-8-3-9-17-27)37(46)41(39)32(29)23-31-35(44)30(24-11-4-1-5-12-24)22-33(43)38(31,34)26-14-6-2-7-15-26/h1-19,21-22,31-32,34,42H,20,23H2/t31-,32+,34-,38-/m0/s1. The monoisotopic (exact) mass is 607 g/mol. The van der Waals surface area contributed by atoms with Crippen LogP contribution in [0.1, 0.15) is 35.1 Å². The number of carbonyl (C=O) groups excluding carboxylic acids is 2. The lowest BCUT2D eigenvalue weighted by atomic mass is 9.47. The molecule has 8 nitrogen and oxygen atoms in total. The molecule has 2 aliphatic carbocycles. The van der Waals surface area contributed by atoms with E-state index in [9.17, 15) is 24.3 Å². The lowest BCUT2D eigenvalue weighted by molar-refractivity contribution is -0.133. The molecule has 8 heteroatoms. The molecule has 2 heterocycles. The first-order valence-corrected chi connectivity index (χ1v) is 15.3. The van der Waals surface area contributed by atoms with Gasteiger partial charge >= 0.3 is 11.4 Å². The highest BCUT2D eigenvalue weighted by Gasteiger charge is 2.63. The van der Waals surface area contributed by atoms with E-state index in [1.165, 1.54) is 15.4 Å². The van der Waals surface area contributed by atoms with E-state index in [1.54, 1.807) is 42.5 Å². The molecule has 3 aliphatic rings. The van der Waals surface area contributed by atoms with Crippen molar-refractivity contribution in [2.75, 3.05) is 0 Å². The molecule has 4 atom stereocenters. The van der Waals surface area contributed by atoms with E-state index in [2.05, 4.69) is 0 Å². The van der Waals surface area contributed by atoms with Gasteiger partial charge in [0.25, 0.3) is 0 Å². The minimum Gasteiger partial charge on any atom is -0.508 e. The molecule has 0 bridgehead atoms. The second-order valence-corrected chi connectivity index (χ2v) is 12.1. The fourth-order valence-corrected chi connectivity index (χ4v) is 8.01. The maximum absolute atomic E-state index is 14.9. The van der Waals surface area contributed by atoms with E-state index < -0.39 is 34.7 Å².